The molecule has 1 aliphatic carbocycles. The smallest absolute Gasteiger partial charge is 0.228 e. The minimum absolute atomic E-state index is 0.190. The number of aromatic nitrogens is 1. The standard InChI is InChI=1S/C23H25N3O2/c1-2-6-19(5-1)28-23-25-11-4-14-26(23)18-15-21-20(17-9-12-24-13-10-17)7-3-8-22(21)27-16-18/h3-4,7-14,18-19,23H,1-2,5-6,15-16H2/t18-,23?/m0/s1. The molecule has 0 bridgehead atoms. The van der Waals surface area contributed by atoms with E-state index in [0.717, 1.165) is 25.0 Å². The van der Waals surface area contributed by atoms with E-state index in [0.29, 0.717) is 12.7 Å². The first kappa shape index (κ1) is 17.4. The maximum atomic E-state index is 6.33. The monoisotopic (exact) mass is 375 g/mol. The number of hydrogen-bond donors (Lipinski definition) is 0. The Bertz CT molecular complexity index is 875. The molecule has 1 saturated carbocycles. The molecule has 1 unspecified atom stereocenters. The van der Waals surface area contributed by atoms with Crippen LogP contribution >= 0.6 is 0 Å². The van der Waals surface area contributed by atoms with Crippen LogP contribution in [-0.4, -0.2) is 41.2 Å². The van der Waals surface area contributed by atoms with Crippen molar-refractivity contribution in [2.75, 3.05) is 6.61 Å². The molecule has 144 valence electrons. The van der Waals surface area contributed by atoms with Gasteiger partial charge in [-0.25, -0.2) is 4.99 Å². The van der Waals surface area contributed by atoms with Crippen molar-refractivity contribution in [2.24, 2.45) is 4.99 Å². The van der Waals surface area contributed by atoms with Crippen molar-refractivity contribution < 1.29 is 9.47 Å². The Labute approximate surface area is 165 Å². The van der Waals surface area contributed by atoms with Crippen LogP contribution < -0.4 is 4.74 Å². The molecule has 0 N–H and O–H groups in total. The molecular weight excluding hydrogens is 350 g/mol. The summed E-state index contributed by atoms with van der Waals surface area (Å²) in [5, 5.41) is 0. The number of ether oxygens (including phenoxy) is 2. The van der Waals surface area contributed by atoms with E-state index in [1.807, 2.05) is 24.7 Å². The van der Waals surface area contributed by atoms with Gasteiger partial charge in [0.2, 0.25) is 6.35 Å². The van der Waals surface area contributed by atoms with Gasteiger partial charge in [-0.1, -0.05) is 25.0 Å². The Morgan fingerprint density at radius 1 is 1.07 bits per heavy atom. The summed E-state index contributed by atoms with van der Waals surface area (Å²) in [6.07, 6.45) is 15.4. The summed E-state index contributed by atoms with van der Waals surface area (Å²) in [7, 11) is 0. The minimum atomic E-state index is -0.253. The molecule has 2 aliphatic heterocycles. The van der Waals surface area contributed by atoms with Gasteiger partial charge in [0.15, 0.2) is 0 Å². The van der Waals surface area contributed by atoms with E-state index >= 15 is 0 Å². The highest BCUT2D eigenvalue weighted by atomic mass is 16.5. The lowest BCUT2D eigenvalue weighted by molar-refractivity contribution is -0.0938. The lowest BCUT2D eigenvalue weighted by Crippen LogP contribution is -2.47. The second kappa shape index (κ2) is 7.76. The molecule has 0 radical (unpaired) electrons. The van der Waals surface area contributed by atoms with Crippen LogP contribution in [0.5, 0.6) is 5.75 Å². The van der Waals surface area contributed by atoms with Crippen molar-refractivity contribution in [2.45, 2.75) is 50.6 Å². The van der Waals surface area contributed by atoms with E-state index in [2.05, 4.69) is 51.4 Å². The number of hydrogen-bond acceptors (Lipinski definition) is 5. The van der Waals surface area contributed by atoms with Crippen LogP contribution in [0.3, 0.4) is 0 Å². The van der Waals surface area contributed by atoms with Gasteiger partial charge in [0.25, 0.3) is 0 Å². The summed E-state index contributed by atoms with van der Waals surface area (Å²) < 4.78 is 12.5. The number of nitrogens with zero attached hydrogens (tertiary/aromatic N) is 3. The van der Waals surface area contributed by atoms with Gasteiger partial charge in [0.1, 0.15) is 12.4 Å². The zero-order chi connectivity index (χ0) is 18.8. The Morgan fingerprint density at radius 3 is 2.79 bits per heavy atom. The third kappa shape index (κ3) is 3.42. The molecule has 2 aromatic rings. The lowest BCUT2D eigenvalue weighted by Gasteiger charge is -2.39. The Kier molecular flexibility index (Phi) is 4.83. The molecule has 0 spiro atoms. The summed E-state index contributed by atoms with van der Waals surface area (Å²) >= 11 is 0. The Morgan fingerprint density at radius 2 is 1.93 bits per heavy atom. The van der Waals surface area contributed by atoms with Crippen molar-refractivity contribution in [3.05, 3.63) is 60.6 Å². The molecule has 0 amide bonds. The van der Waals surface area contributed by atoms with Crippen molar-refractivity contribution in [3.63, 3.8) is 0 Å². The first-order chi connectivity index (χ1) is 13.9. The highest BCUT2D eigenvalue weighted by molar-refractivity contribution is 5.72. The first-order valence-electron chi connectivity index (χ1n) is 10.2. The topological polar surface area (TPSA) is 47.0 Å². The van der Waals surface area contributed by atoms with E-state index in [1.165, 1.54) is 29.5 Å². The number of rotatable bonds is 4. The predicted molar refractivity (Wildman–Crippen MR) is 109 cm³/mol. The lowest BCUT2D eigenvalue weighted by atomic mass is 9.93. The highest BCUT2D eigenvalue weighted by Gasteiger charge is 2.32. The molecule has 28 heavy (non-hydrogen) atoms. The van der Waals surface area contributed by atoms with Gasteiger partial charge in [0, 0.05) is 36.8 Å². The summed E-state index contributed by atoms with van der Waals surface area (Å²) in [4.78, 5) is 11.0. The highest BCUT2D eigenvalue weighted by Crippen LogP contribution is 2.36. The molecule has 3 aliphatic rings. The molecule has 2 atom stereocenters. The third-order valence-electron chi connectivity index (χ3n) is 5.85. The van der Waals surface area contributed by atoms with Crippen molar-refractivity contribution in [1.82, 2.24) is 9.88 Å². The van der Waals surface area contributed by atoms with Gasteiger partial charge in [-0.05, 0) is 48.2 Å². The third-order valence-corrected chi connectivity index (χ3v) is 5.85. The van der Waals surface area contributed by atoms with Crippen LogP contribution in [-0.2, 0) is 11.2 Å². The van der Waals surface area contributed by atoms with E-state index < -0.39 is 0 Å². The Balaban J connectivity index is 1.40. The van der Waals surface area contributed by atoms with Gasteiger partial charge in [-0.3, -0.25) is 4.98 Å². The molecule has 5 heteroatoms. The number of aliphatic imine (C=N–C) groups is 1. The van der Waals surface area contributed by atoms with Crippen LogP contribution in [0.2, 0.25) is 0 Å². The normalized spacial score (nSPS) is 24.2. The molecule has 3 heterocycles. The van der Waals surface area contributed by atoms with Crippen LogP contribution in [0, 0.1) is 0 Å². The summed E-state index contributed by atoms with van der Waals surface area (Å²) in [6.45, 7) is 0.636. The van der Waals surface area contributed by atoms with Crippen LogP contribution in [0.25, 0.3) is 11.1 Å². The number of allylic oxidation sites excluding steroid dienone is 1. The fourth-order valence-corrected chi connectivity index (χ4v) is 4.40. The summed E-state index contributed by atoms with van der Waals surface area (Å²) in [6, 6.07) is 10.6. The predicted octanol–water partition coefficient (Wildman–Crippen LogP) is 4.20. The average Bonchev–Trinajstić information content (AvgIpc) is 3.27. The fraction of sp³-hybridized carbons (Fsp3) is 0.391. The largest absolute Gasteiger partial charge is 0.491 e. The fourth-order valence-electron chi connectivity index (χ4n) is 4.40. The van der Waals surface area contributed by atoms with Crippen molar-refractivity contribution in [3.8, 4) is 16.9 Å². The van der Waals surface area contributed by atoms with Gasteiger partial charge in [-0.2, -0.15) is 0 Å². The van der Waals surface area contributed by atoms with Crippen LogP contribution in [0.1, 0.15) is 31.2 Å². The zero-order valence-corrected chi connectivity index (χ0v) is 15.9. The van der Waals surface area contributed by atoms with E-state index in [1.54, 1.807) is 0 Å². The SMILES string of the molecule is C1=CN([C@@H]2COc3cccc(-c4ccncc4)c3C2)C(OC2CCCC2)N=C1. The summed E-state index contributed by atoms with van der Waals surface area (Å²) in [5.74, 6) is 0.975. The quantitative estimate of drug-likeness (QED) is 0.804. The van der Waals surface area contributed by atoms with Crippen molar-refractivity contribution in [1.29, 1.82) is 0 Å². The van der Waals surface area contributed by atoms with E-state index in [9.17, 15) is 0 Å². The Hall–Kier alpha value is -2.66. The molecule has 5 rings (SSSR count). The van der Waals surface area contributed by atoms with Crippen LogP contribution in [0.4, 0.5) is 0 Å². The van der Waals surface area contributed by atoms with Gasteiger partial charge >= 0.3 is 0 Å². The maximum Gasteiger partial charge on any atom is 0.228 e. The zero-order valence-electron chi connectivity index (χ0n) is 15.9. The molecule has 0 saturated heterocycles. The van der Waals surface area contributed by atoms with Crippen LogP contribution in [0.15, 0.2) is 60.0 Å². The molecule has 1 aromatic heterocycles. The van der Waals surface area contributed by atoms with Gasteiger partial charge < -0.3 is 14.4 Å². The van der Waals surface area contributed by atoms with E-state index in [4.69, 9.17) is 9.47 Å². The molecule has 1 aromatic carbocycles. The maximum absolute atomic E-state index is 6.33. The minimum Gasteiger partial charge on any atom is -0.491 e. The molecular formula is C23H25N3O2. The first-order valence-corrected chi connectivity index (χ1v) is 10.2. The summed E-state index contributed by atoms with van der Waals surface area (Å²) in [5.41, 5.74) is 3.62. The molecule has 5 nitrogen and oxygen atoms in total. The van der Waals surface area contributed by atoms with Gasteiger partial charge in [0.05, 0.1) is 12.1 Å². The van der Waals surface area contributed by atoms with Crippen molar-refractivity contribution >= 4 is 6.21 Å². The number of benzene rings is 1. The molecule has 1 fully saturated rings. The second-order valence-corrected chi connectivity index (χ2v) is 7.64. The average molecular weight is 375 g/mol. The van der Waals surface area contributed by atoms with E-state index in [-0.39, 0.29) is 12.4 Å². The second-order valence-electron chi connectivity index (χ2n) is 7.64. The van der Waals surface area contributed by atoms with Gasteiger partial charge in [-0.15, -0.1) is 0 Å². The number of pyridine rings is 1. The number of fused-ring (bicyclic) bond motifs is 1.